The molecule has 1 atom stereocenters. The van der Waals surface area contributed by atoms with Crippen molar-refractivity contribution in [1.29, 1.82) is 0 Å². The third-order valence-electron chi connectivity index (χ3n) is 3.08. The number of ether oxygens (including phenoxy) is 2. The van der Waals surface area contributed by atoms with Crippen LogP contribution in [0.25, 0.3) is 0 Å². The molecule has 1 N–H and O–H groups in total. The predicted octanol–water partition coefficient (Wildman–Crippen LogP) is 2.56. The molecule has 1 saturated heterocycles. The van der Waals surface area contributed by atoms with E-state index in [1.165, 1.54) is 13.3 Å². The number of nitrogens with one attached hydrogen (secondary N) is 1. The van der Waals surface area contributed by atoms with E-state index in [2.05, 4.69) is 15.3 Å². The Labute approximate surface area is 135 Å². The van der Waals surface area contributed by atoms with Crippen molar-refractivity contribution >= 4 is 23.6 Å². The van der Waals surface area contributed by atoms with Crippen molar-refractivity contribution in [2.24, 2.45) is 0 Å². The number of carbonyl (C=O) groups is 1. The van der Waals surface area contributed by atoms with Crippen molar-refractivity contribution in [3.63, 3.8) is 0 Å². The fourth-order valence-corrected chi connectivity index (χ4v) is 2.29. The first-order valence-electron chi connectivity index (χ1n) is 7.09. The molecule has 2 heterocycles. The molecule has 0 bridgehead atoms. The average molecular weight is 329 g/mol. The van der Waals surface area contributed by atoms with Crippen LogP contribution in [0, 0.1) is 0 Å². The van der Waals surface area contributed by atoms with E-state index in [0.717, 1.165) is 6.42 Å². The molecule has 7 nitrogen and oxygen atoms in total. The maximum Gasteiger partial charge on any atom is 0.410 e. The molecule has 0 saturated carbocycles. The highest BCUT2D eigenvalue weighted by atomic mass is 35.5. The first kappa shape index (κ1) is 16.6. The Balaban J connectivity index is 1.92. The van der Waals surface area contributed by atoms with Crippen LogP contribution < -0.4 is 10.1 Å². The van der Waals surface area contributed by atoms with Crippen LogP contribution in [0.1, 0.15) is 27.2 Å². The average Bonchev–Trinajstić information content (AvgIpc) is 2.87. The molecular weight excluding hydrogens is 308 g/mol. The van der Waals surface area contributed by atoms with Gasteiger partial charge in [0, 0.05) is 19.1 Å². The Morgan fingerprint density at radius 1 is 1.50 bits per heavy atom. The maximum absolute atomic E-state index is 12.0. The Bertz CT molecular complexity index is 547. The molecule has 1 fully saturated rings. The van der Waals surface area contributed by atoms with Gasteiger partial charge in [0.1, 0.15) is 10.6 Å². The second kappa shape index (κ2) is 6.56. The summed E-state index contributed by atoms with van der Waals surface area (Å²) in [6, 6.07) is 0.0680. The van der Waals surface area contributed by atoms with E-state index in [1.807, 2.05) is 20.8 Å². The maximum atomic E-state index is 12.0. The summed E-state index contributed by atoms with van der Waals surface area (Å²) in [4.78, 5) is 22.0. The first-order valence-corrected chi connectivity index (χ1v) is 7.47. The Morgan fingerprint density at radius 3 is 2.86 bits per heavy atom. The molecule has 0 aromatic carbocycles. The number of methoxy groups -OCH3 is 1. The van der Waals surface area contributed by atoms with E-state index in [9.17, 15) is 4.79 Å². The molecule has 0 radical (unpaired) electrons. The summed E-state index contributed by atoms with van der Waals surface area (Å²) in [6.07, 6.45) is 1.98. The van der Waals surface area contributed by atoms with E-state index in [-0.39, 0.29) is 12.1 Å². The van der Waals surface area contributed by atoms with Crippen LogP contribution in [0.3, 0.4) is 0 Å². The van der Waals surface area contributed by atoms with Crippen LogP contribution in [-0.2, 0) is 4.74 Å². The normalized spacial score (nSPS) is 18.2. The van der Waals surface area contributed by atoms with Crippen molar-refractivity contribution in [1.82, 2.24) is 14.9 Å². The lowest BCUT2D eigenvalue weighted by Crippen LogP contribution is -2.36. The molecule has 1 amide bonds. The lowest BCUT2D eigenvalue weighted by Gasteiger charge is -2.24. The summed E-state index contributed by atoms with van der Waals surface area (Å²) in [6.45, 7) is 6.74. The van der Waals surface area contributed by atoms with Gasteiger partial charge in [-0.3, -0.25) is 0 Å². The van der Waals surface area contributed by atoms with Crippen LogP contribution >= 0.6 is 11.6 Å². The molecule has 0 aliphatic carbocycles. The number of carbonyl (C=O) groups excluding carboxylic acids is 1. The molecule has 122 valence electrons. The molecular formula is C14H21ClN4O3. The van der Waals surface area contributed by atoms with Gasteiger partial charge in [-0.2, -0.15) is 4.98 Å². The van der Waals surface area contributed by atoms with Gasteiger partial charge in [-0.05, 0) is 27.2 Å². The second-order valence-corrected chi connectivity index (χ2v) is 6.51. The number of anilines is 1. The van der Waals surface area contributed by atoms with Gasteiger partial charge >= 0.3 is 6.09 Å². The van der Waals surface area contributed by atoms with Gasteiger partial charge in [0.25, 0.3) is 0 Å². The highest BCUT2D eigenvalue weighted by Gasteiger charge is 2.30. The van der Waals surface area contributed by atoms with E-state index in [0.29, 0.717) is 29.9 Å². The van der Waals surface area contributed by atoms with E-state index in [1.54, 1.807) is 4.90 Å². The molecule has 1 aliphatic rings. The minimum atomic E-state index is -0.491. The number of hydrogen-bond acceptors (Lipinski definition) is 6. The number of halogens is 1. The summed E-state index contributed by atoms with van der Waals surface area (Å²) >= 11 is 5.89. The third kappa shape index (κ3) is 4.37. The van der Waals surface area contributed by atoms with E-state index >= 15 is 0 Å². The van der Waals surface area contributed by atoms with Gasteiger partial charge in [0.05, 0.1) is 13.3 Å². The molecule has 1 aliphatic heterocycles. The van der Waals surface area contributed by atoms with Gasteiger partial charge in [-0.1, -0.05) is 11.6 Å². The van der Waals surface area contributed by atoms with Gasteiger partial charge in [0.15, 0.2) is 0 Å². The lowest BCUT2D eigenvalue weighted by atomic mass is 10.2. The lowest BCUT2D eigenvalue weighted by molar-refractivity contribution is 0.0293. The zero-order valence-corrected chi connectivity index (χ0v) is 14.0. The minimum absolute atomic E-state index is 0.0680. The quantitative estimate of drug-likeness (QED) is 0.919. The van der Waals surface area contributed by atoms with Gasteiger partial charge < -0.3 is 19.7 Å². The van der Waals surface area contributed by atoms with Gasteiger partial charge in [-0.25, -0.2) is 9.78 Å². The molecule has 1 aromatic rings. The van der Waals surface area contributed by atoms with Crippen LogP contribution in [-0.4, -0.2) is 52.8 Å². The molecule has 0 spiro atoms. The zero-order valence-electron chi connectivity index (χ0n) is 13.2. The van der Waals surface area contributed by atoms with Crippen LogP contribution in [0.4, 0.5) is 10.7 Å². The predicted molar refractivity (Wildman–Crippen MR) is 83.4 cm³/mol. The number of aromatic nitrogens is 2. The first-order chi connectivity index (χ1) is 10.3. The Kier molecular flexibility index (Phi) is 4.95. The van der Waals surface area contributed by atoms with E-state index < -0.39 is 5.60 Å². The fraction of sp³-hybridized carbons (Fsp3) is 0.643. The highest BCUT2D eigenvalue weighted by Crippen LogP contribution is 2.23. The summed E-state index contributed by atoms with van der Waals surface area (Å²) in [5, 5.41) is 3.54. The molecule has 8 heteroatoms. The van der Waals surface area contributed by atoms with E-state index in [4.69, 9.17) is 21.1 Å². The SMILES string of the molecule is COc1nc(NC2CCN(C(=O)OC(C)(C)C)C2)ncc1Cl. The summed E-state index contributed by atoms with van der Waals surface area (Å²) in [5.74, 6) is 0.749. The topological polar surface area (TPSA) is 76.6 Å². The number of rotatable bonds is 3. The minimum Gasteiger partial charge on any atom is -0.480 e. The number of nitrogens with zero attached hydrogens (tertiary/aromatic N) is 3. The smallest absolute Gasteiger partial charge is 0.410 e. The Morgan fingerprint density at radius 2 is 2.23 bits per heavy atom. The number of amides is 1. The summed E-state index contributed by atoms with van der Waals surface area (Å²) < 4.78 is 10.4. The number of likely N-dealkylation sites (tertiary alicyclic amines) is 1. The Hall–Kier alpha value is -1.76. The highest BCUT2D eigenvalue weighted by molar-refractivity contribution is 6.31. The third-order valence-corrected chi connectivity index (χ3v) is 3.34. The largest absolute Gasteiger partial charge is 0.480 e. The summed E-state index contributed by atoms with van der Waals surface area (Å²) in [5.41, 5.74) is -0.491. The summed E-state index contributed by atoms with van der Waals surface area (Å²) in [7, 11) is 1.50. The fourth-order valence-electron chi connectivity index (χ4n) is 2.12. The standard InChI is InChI=1S/C14H21ClN4O3/c1-14(2,3)22-13(20)19-6-5-9(8-19)17-12-16-7-10(15)11(18-12)21-4/h7,9H,5-6,8H2,1-4H3,(H,16,17,18). The van der Waals surface area contributed by atoms with Crippen molar-refractivity contribution in [2.45, 2.75) is 38.8 Å². The van der Waals surface area contributed by atoms with Gasteiger partial charge in [-0.15, -0.1) is 0 Å². The molecule has 1 aromatic heterocycles. The van der Waals surface area contributed by atoms with Crippen molar-refractivity contribution in [2.75, 3.05) is 25.5 Å². The van der Waals surface area contributed by atoms with Crippen LogP contribution in [0.5, 0.6) is 5.88 Å². The van der Waals surface area contributed by atoms with Crippen molar-refractivity contribution in [3.8, 4) is 5.88 Å². The second-order valence-electron chi connectivity index (χ2n) is 6.11. The molecule has 1 unspecified atom stereocenters. The van der Waals surface area contributed by atoms with Gasteiger partial charge in [0.2, 0.25) is 11.8 Å². The van der Waals surface area contributed by atoms with Crippen molar-refractivity contribution < 1.29 is 14.3 Å². The molecule has 2 rings (SSSR count). The van der Waals surface area contributed by atoms with Crippen LogP contribution in [0.2, 0.25) is 5.02 Å². The number of hydrogen-bond donors (Lipinski definition) is 1. The zero-order chi connectivity index (χ0) is 16.3. The molecule has 22 heavy (non-hydrogen) atoms. The van der Waals surface area contributed by atoms with Crippen LogP contribution in [0.15, 0.2) is 6.20 Å². The monoisotopic (exact) mass is 328 g/mol. The van der Waals surface area contributed by atoms with Crippen molar-refractivity contribution in [3.05, 3.63) is 11.2 Å².